The van der Waals surface area contributed by atoms with Crippen LogP contribution >= 0.6 is 0 Å². The molecule has 0 aliphatic rings. The Morgan fingerprint density at radius 3 is 2.71 bits per heavy atom. The minimum Gasteiger partial charge on any atom is -0.505 e. The summed E-state index contributed by atoms with van der Waals surface area (Å²) >= 11 is 0. The van der Waals surface area contributed by atoms with E-state index >= 15 is 0 Å². The number of nitrogens with one attached hydrogen (secondary N) is 1. The second kappa shape index (κ2) is 4.96. The van der Waals surface area contributed by atoms with Crippen molar-refractivity contribution in [3.05, 3.63) is 29.6 Å². The SMILES string of the molecule is CC(C)NCCc1ccc(O)c(F)c1. The molecule has 0 bridgehead atoms. The zero-order valence-electron chi connectivity index (χ0n) is 8.55. The Labute approximate surface area is 83.8 Å². The Morgan fingerprint density at radius 1 is 1.43 bits per heavy atom. The Kier molecular flexibility index (Phi) is 3.89. The van der Waals surface area contributed by atoms with Crippen molar-refractivity contribution in [1.82, 2.24) is 5.32 Å². The molecule has 0 heterocycles. The molecule has 0 unspecified atom stereocenters. The lowest BCUT2D eigenvalue weighted by molar-refractivity contribution is 0.431. The maximum atomic E-state index is 12.9. The van der Waals surface area contributed by atoms with Gasteiger partial charge >= 0.3 is 0 Å². The van der Waals surface area contributed by atoms with Crippen molar-refractivity contribution >= 4 is 0 Å². The van der Waals surface area contributed by atoms with Crippen molar-refractivity contribution in [2.24, 2.45) is 0 Å². The lowest BCUT2D eigenvalue weighted by Crippen LogP contribution is -2.24. The summed E-state index contributed by atoms with van der Waals surface area (Å²) in [4.78, 5) is 0. The van der Waals surface area contributed by atoms with Gasteiger partial charge in [0.1, 0.15) is 0 Å². The van der Waals surface area contributed by atoms with Crippen LogP contribution in [0.3, 0.4) is 0 Å². The number of aromatic hydroxyl groups is 1. The highest BCUT2D eigenvalue weighted by Gasteiger charge is 2.01. The van der Waals surface area contributed by atoms with Crippen molar-refractivity contribution in [2.45, 2.75) is 26.3 Å². The molecule has 0 radical (unpaired) electrons. The van der Waals surface area contributed by atoms with Gasteiger partial charge in [0.2, 0.25) is 0 Å². The van der Waals surface area contributed by atoms with E-state index in [1.54, 1.807) is 6.07 Å². The van der Waals surface area contributed by atoms with E-state index in [1.165, 1.54) is 12.1 Å². The lowest BCUT2D eigenvalue weighted by atomic mass is 10.1. The largest absolute Gasteiger partial charge is 0.505 e. The third-order valence-electron chi connectivity index (χ3n) is 1.98. The molecule has 0 saturated heterocycles. The highest BCUT2D eigenvalue weighted by atomic mass is 19.1. The van der Waals surface area contributed by atoms with E-state index in [-0.39, 0.29) is 5.75 Å². The molecule has 3 heteroatoms. The molecule has 1 rings (SSSR count). The molecule has 2 N–H and O–H groups in total. The van der Waals surface area contributed by atoms with E-state index in [1.807, 2.05) is 0 Å². The van der Waals surface area contributed by atoms with Crippen LogP contribution in [-0.4, -0.2) is 17.7 Å². The lowest BCUT2D eigenvalue weighted by Gasteiger charge is -2.07. The van der Waals surface area contributed by atoms with Gasteiger partial charge in [-0.15, -0.1) is 0 Å². The van der Waals surface area contributed by atoms with Crippen LogP contribution in [0.1, 0.15) is 19.4 Å². The topological polar surface area (TPSA) is 32.3 Å². The monoisotopic (exact) mass is 197 g/mol. The van der Waals surface area contributed by atoms with Crippen molar-refractivity contribution in [3.63, 3.8) is 0 Å². The first-order chi connectivity index (χ1) is 6.59. The minimum atomic E-state index is -0.549. The summed E-state index contributed by atoms with van der Waals surface area (Å²) in [7, 11) is 0. The van der Waals surface area contributed by atoms with E-state index in [0.717, 1.165) is 18.5 Å². The molecule has 2 nitrogen and oxygen atoms in total. The van der Waals surface area contributed by atoms with Crippen molar-refractivity contribution in [3.8, 4) is 5.75 Å². The third-order valence-corrected chi connectivity index (χ3v) is 1.98. The molecule has 1 aromatic rings. The summed E-state index contributed by atoms with van der Waals surface area (Å²) in [6, 6.07) is 4.94. The average Bonchev–Trinajstić information content (AvgIpc) is 2.10. The molecule has 0 spiro atoms. The van der Waals surface area contributed by atoms with E-state index < -0.39 is 5.82 Å². The highest BCUT2D eigenvalue weighted by Crippen LogP contribution is 2.16. The van der Waals surface area contributed by atoms with Gasteiger partial charge in [0.25, 0.3) is 0 Å². The fourth-order valence-electron chi connectivity index (χ4n) is 1.21. The van der Waals surface area contributed by atoms with Gasteiger partial charge in [-0.1, -0.05) is 19.9 Å². The van der Waals surface area contributed by atoms with Gasteiger partial charge in [-0.25, -0.2) is 4.39 Å². The van der Waals surface area contributed by atoms with Crippen LogP contribution in [0.4, 0.5) is 4.39 Å². The zero-order chi connectivity index (χ0) is 10.6. The first-order valence-electron chi connectivity index (χ1n) is 4.80. The zero-order valence-corrected chi connectivity index (χ0v) is 8.55. The molecule has 0 atom stereocenters. The molecule has 0 amide bonds. The Bertz CT molecular complexity index is 299. The van der Waals surface area contributed by atoms with Crippen LogP contribution in [0.2, 0.25) is 0 Å². The van der Waals surface area contributed by atoms with E-state index in [4.69, 9.17) is 5.11 Å². The molecule has 0 fully saturated rings. The molecule has 0 saturated carbocycles. The van der Waals surface area contributed by atoms with Crippen LogP contribution in [0.25, 0.3) is 0 Å². The van der Waals surface area contributed by atoms with E-state index in [2.05, 4.69) is 19.2 Å². The van der Waals surface area contributed by atoms with Crippen LogP contribution < -0.4 is 5.32 Å². The summed E-state index contributed by atoms with van der Waals surface area (Å²) in [6.07, 6.45) is 0.773. The Hall–Kier alpha value is -1.09. The number of hydrogen-bond acceptors (Lipinski definition) is 2. The van der Waals surface area contributed by atoms with Gasteiger partial charge in [0.05, 0.1) is 0 Å². The summed E-state index contributed by atoms with van der Waals surface area (Å²) < 4.78 is 12.9. The second-order valence-corrected chi connectivity index (χ2v) is 3.64. The van der Waals surface area contributed by atoms with Crippen LogP contribution in [-0.2, 0) is 6.42 Å². The quantitative estimate of drug-likeness (QED) is 0.774. The van der Waals surface area contributed by atoms with Crippen LogP contribution in [0.15, 0.2) is 18.2 Å². The fourth-order valence-corrected chi connectivity index (χ4v) is 1.21. The van der Waals surface area contributed by atoms with Gasteiger partial charge in [-0.3, -0.25) is 0 Å². The molecular weight excluding hydrogens is 181 g/mol. The van der Waals surface area contributed by atoms with Crippen LogP contribution in [0.5, 0.6) is 5.75 Å². The summed E-state index contributed by atoms with van der Waals surface area (Å²) in [6.45, 7) is 4.96. The number of halogens is 1. The summed E-state index contributed by atoms with van der Waals surface area (Å²) in [5.74, 6) is -0.836. The van der Waals surface area contributed by atoms with Crippen molar-refractivity contribution in [1.29, 1.82) is 0 Å². The van der Waals surface area contributed by atoms with Gasteiger partial charge in [-0.05, 0) is 30.7 Å². The molecule has 1 aromatic carbocycles. The molecule has 0 aliphatic carbocycles. The molecule has 0 aromatic heterocycles. The van der Waals surface area contributed by atoms with Crippen molar-refractivity contribution in [2.75, 3.05) is 6.54 Å². The van der Waals surface area contributed by atoms with Gasteiger partial charge in [-0.2, -0.15) is 0 Å². The number of rotatable bonds is 4. The van der Waals surface area contributed by atoms with Gasteiger partial charge < -0.3 is 10.4 Å². The second-order valence-electron chi connectivity index (χ2n) is 3.64. The fraction of sp³-hybridized carbons (Fsp3) is 0.455. The van der Waals surface area contributed by atoms with Gasteiger partial charge in [0.15, 0.2) is 11.6 Å². The Morgan fingerprint density at radius 2 is 2.14 bits per heavy atom. The first-order valence-corrected chi connectivity index (χ1v) is 4.80. The smallest absolute Gasteiger partial charge is 0.165 e. The Balaban J connectivity index is 2.47. The summed E-state index contributed by atoms with van der Waals surface area (Å²) in [5, 5.41) is 12.2. The predicted molar refractivity (Wildman–Crippen MR) is 54.9 cm³/mol. The van der Waals surface area contributed by atoms with Gasteiger partial charge in [0, 0.05) is 6.04 Å². The maximum absolute atomic E-state index is 12.9. The maximum Gasteiger partial charge on any atom is 0.165 e. The molecular formula is C11H16FNO. The molecule has 0 aliphatic heterocycles. The number of phenols is 1. The summed E-state index contributed by atoms with van der Waals surface area (Å²) in [5.41, 5.74) is 0.897. The third kappa shape index (κ3) is 3.34. The first kappa shape index (κ1) is 11.0. The van der Waals surface area contributed by atoms with E-state index in [9.17, 15) is 4.39 Å². The van der Waals surface area contributed by atoms with Crippen molar-refractivity contribution < 1.29 is 9.50 Å². The predicted octanol–water partition coefficient (Wildman–Crippen LogP) is 2.07. The average molecular weight is 197 g/mol. The normalized spacial score (nSPS) is 10.9. The number of hydrogen-bond donors (Lipinski definition) is 2. The molecule has 14 heavy (non-hydrogen) atoms. The minimum absolute atomic E-state index is 0.287. The molecule has 78 valence electrons. The number of benzene rings is 1. The number of phenolic OH excluding ortho intramolecular Hbond substituents is 1. The van der Waals surface area contributed by atoms with Crippen LogP contribution in [0, 0.1) is 5.82 Å². The standard InChI is InChI=1S/C11H16FNO/c1-8(2)13-6-5-9-3-4-11(14)10(12)7-9/h3-4,7-8,13-14H,5-6H2,1-2H3. The highest BCUT2D eigenvalue weighted by molar-refractivity contribution is 5.28. The van der Waals surface area contributed by atoms with E-state index in [0.29, 0.717) is 6.04 Å².